The van der Waals surface area contributed by atoms with Crippen molar-refractivity contribution in [3.05, 3.63) is 33.7 Å². The van der Waals surface area contributed by atoms with Gasteiger partial charge in [0.2, 0.25) is 0 Å². The highest BCUT2D eigenvalue weighted by Gasteiger charge is 2.18. The van der Waals surface area contributed by atoms with E-state index in [0.29, 0.717) is 6.42 Å². The molecule has 0 unspecified atom stereocenters. The van der Waals surface area contributed by atoms with Gasteiger partial charge in [-0.3, -0.25) is 0 Å². The fraction of sp³-hybridized carbons (Fsp3) is 0.533. The number of hydrogen-bond donors (Lipinski definition) is 1. The molecule has 0 aliphatic carbocycles. The lowest BCUT2D eigenvalue weighted by molar-refractivity contribution is 0.563. The zero-order valence-electron chi connectivity index (χ0n) is 12.8. The molecule has 0 atom stereocenters. The summed E-state index contributed by atoms with van der Waals surface area (Å²) in [5.74, 6) is 1.73. The number of hydrogen-bond acceptors (Lipinski definition) is 5. The van der Waals surface area contributed by atoms with Crippen LogP contribution in [-0.2, 0) is 11.8 Å². The highest BCUT2D eigenvalue weighted by atomic mass is 32.1. The Bertz CT molecular complexity index is 584. The number of nitrogens with zero attached hydrogens (tertiary/aromatic N) is 3. The Morgan fingerprint density at radius 3 is 2.50 bits per heavy atom. The van der Waals surface area contributed by atoms with Crippen LogP contribution in [0.3, 0.4) is 0 Å². The van der Waals surface area contributed by atoms with Gasteiger partial charge < -0.3 is 5.32 Å². The van der Waals surface area contributed by atoms with Gasteiger partial charge in [0.25, 0.3) is 0 Å². The van der Waals surface area contributed by atoms with Crippen molar-refractivity contribution in [3.8, 4) is 0 Å². The van der Waals surface area contributed by atoms with Gasteiger partial charge >= 0.3 is 0 Å². The Labute approximate surface area is 124 Å². The molecule has 5 heteroatoms. The van der Waals surface area contributed by atoms with E-state index in [9.17, 15) is 0 Å². The first kappa shape index (κ1) is 14.9. The first-order valence-electron chi connectivity index (χ1n) is 6.92. The smallest absolute Gasteiger partial charge is 0.137 e. The third-order valence-corrected chi connectivity index (χ3v) is 3.73. The van der Waals surface area contributed by atoms with Crippen molar-refractivity contribution in [3.63, 3.8) is 0 Å². The van der Waals surface area contributed by atoms with E-state index < -0.39 is 0 Å². The first-order chi connectivity index (χ1) is 9.38. The molecule has 2 aromatic heterocycles. The fourth-order valence-electron chi connectivity index (χ4n) is 1.88. The largest absolute Gasteiger partial charge is 0.370 e. The second-order valence-electron chi connectivity index (χ2n) is 5.87. The van der Waals surface area contributed by atoms with Crippen molar-refractivity contribution < 1.29 is 0 Å². The molecule has 0 saturated heterocycles. The summed E-state index contributed by atoms with van der Waals surface area (Å²) in [4.78, 5) is 13.8. The van der Waals surface area contributed by atoms with E-state index in [0.717, 1.165) is 34.6 Å². The van der Waals surface area contributed by atoms with Crippen molar-refractivity contribution in [1.82, 2.24) is 15.0 Å². The predicted molar refractivity (Wildman–Crippen MR) is 84.6 cm³/mol. The van der Waals surface area contributed by atoms with Crippen LogP contribution >= 0.6 is 11.3 Å². The molecule has 0 spiro atoms. The summed E-state index contributed by atoms with van der Waals surface area (Å²) in [5.41, 5.74) is 2.12. The minimum absolute atomic E-state index is 0.0137. The van der Waals surface area contributed by atoms with E-state index in [1.807, 2.05) is 13.0 Å². The molecule has 108 valence electrons. The van der Waals surface area contributed by atoms with E-state index in [1.54, 1.807) is 11.3 Å². The molecule has 0 amide bonds. The average molecular weight is 290 g/mol. The van der Waals surface area contributed by atoms with Crippen LogP contribution in [0.25, 0.3) is 0 Å². The monoisotopic (exact) mass is 290 g/mol. The van der Waals surface area contributed by atoms with Gasteiger partial charge in [-0.25, -0.2) is 15.0 Å². The molecule has 1 N–H and O–H groups in total. The molecular weight excluding hydrogens is 268 g/mol. The third kappa shape index (κ3) is 3.76. The summed E-state index contributed by atoms with van der Waals surface area (Å²) >= 11 is 1.67. The molecule has 4 nitrogen and oxygen atoms in total. The molecule has 2 heterocycles. The summed E-state index contributed by atoms with van der Waals surface area (Å²) in [7, 11) is 0. The summed E-state index contributed by atoms with van der Waals surface area (Å²) < 4.78 is 0. The van der Waals surface area contributed by atoms with Crippen LogP contribution in [0.1, 0.15) is 49.9 Å². The van der Waals surface area contributed by atoms with E-state index >= 15 is 0 Å². The van der Waals surface area contributed by atoms with Gasteiger partial charge in [-0.15, -0.1) is 11.3 Å². The Morgan fingerprint density at radius 1 is 1.20 bits per heavy atom. The zero-order chi connectivity index (χ0) is 14.8. The molecule has 0 aliphatic rings. The Kier molecular flexibility index (Phi) is 4.38. The van der Waals surface area contributed by atoms with Gasteiger partial charge in [0.05, 0.1) is 22.8 Å². The minimum Gasteiger partial charge on any atom is -0.370 e. The van der Waals surface area contributed by atoms with Crippen LogP contribution in [0.4, 0.5) is 5.82 Å². The number of rotatable bonds is 4. The highest BCUT2D eigenvalue weighted by Crippen LogP contribution is 2.23. The van der Waals surface area contributed by atoms with E-state index in [1.165, 1.54) is 0 Å². The first-order valence-corrected chi connectivity index (χ1v) is 7.79. The van der Waals surface area contributed by atoms with Crippen LogP contribution < -0.4 is 5.32 Å². The number of aryl methyl sites for hydroxylation is 1. The summed E-state index contributed by atoms with van der Waals surface area (Å²) in [6, 6.07) is 2.04. The lowest BCUT2D eigenvalue weighted by atomic mass is 9.92. The molecule has 2 rings (SSSR count). The summed E-state index contributed by atoms with van der Waals surface area (Å²) in [5, 5.41) is 6.44. The van der Waals surface area contributed by atoms with Crippen molar-refractivity contribution in [2.24, 2.45) is 0 Å². The maximum Gasteiger partial charge on any atom is 0.137 e. The van der Waals surface area contributed by atoms with Crippen LogP contribution in [-0.4, -0.2) is 21.5 Å². The third-order valence-electron chi connectivity index (χ3n) is 2.90. The van der Waals surface area contributed by atoms with Crippen LogP contribution in [0.2, 0.25) is 0 Å². The Morgan fingerprint density at radius 2 is 1.95 bits per heavy atom. The molecule has 0 aliphatic heterocycles. The Hall–Kier alpha value is -1.49. The van der Waals surface area contributed by atoms with Gasteiger partial charge in [0.1, 0.15) is 11.6 Å². The number of thiazole rings is 1. The molecular formula is C15H22N4S. The quantitative estimate of drug-likeness (QED) is 0.935. The van der Waals surface area contributed by atoms with Gasteiger partial charge in [0, 0.05) is 23.4 Å². The SMILES string of the molecule is CCNc1cc(C(C)(C)C)nc(Cc2csc(C)n2)n1. The molecule has 20 heavy (non-hydrogen) atoms. The molecule has 0 saturated carbocycles. The average Bonchev–Trinajstić information content (AvgIpc) is 2.74. The fourth-order valence-corrected chi connectivity index (χ4v) is 2.50. The standard InChI is InChI=1S/C15H22N4S/c1-6-16-13-8-12(15(3,4)5)18-14(19-13)7-11-9-20-10(2)17-11/h8-9H,6-7H2,1-5H3,(H,16,18,19). The number of anilines is 1. The van der Waals surface area contributed by atoms with Gasteiger partial charge in [-0.05, 0) is 13.8 Å². The highest BCUT2D eigenvalue weighted by molar-refractivity contribution is 7.09. The zero-order valence-corrected chi connectivity index (χ0v) is 13.6. The minimum atomic E-state index is 0.0137. The molecule has 0 aromatic carbocycles. The van der Waals surface area contributed by atoms with Gasteiger partial charge in [-0.1, -0.05) is 20.8 Å². The van der Waals surface area contributed by atoms with Gasteiger partial charge in [-0.2, -0.15) is 0 Å². The Balaban J connectivity index is 2.33. The van der Waals surface area contributed by atoms with Crippen molar-refractivity contribution in [1.29, 1.82) is 0 Å². The predicted octanol–water partition coefficient (Wildman–Crippen LogP) is 3.56. The number of nitrogens with one attached hydrogen (secondary N) is 1. The summed E-state index contributed by atoms with van der Waals surface area (Å²) in [6.45, 7) is 11.5. The van der Waals surface area contributed by atoms with Crippen LogP contribution in [0, 0.1) is 6.92 Å². The molecule has 0 bridgehead atoms. The lowest BCUT2D eigenvalue weighted by Crippen LogP contribution is -2.17. The van der Waals surface area contributed by atoms with Crippen molar-refractivity contribution in [2.45, 2.75) is 46.5 Å². The van der Waals surface area contributed by atoms with Crippen LogP contribution in [0.5, 0.6) is 0 Å². The normalized spacial score (nSPS) is 11.7. The topological polar surface area (TPSA) is 50.7 Å². The van der Waals surface area contributed by atoms with Crippen molar-refractivity contribution in [2.75, 3.05) is 11.9 Å². The number of aromatic nitrogens is 3. The second-order valence-corrected chi connectivity index (χ2v) is 6.93. The van der Waals surface area contributed by atoms with Gasteiger partial charge in [0.15, 0.2) is 0 Å². The second kappa shape index (κ2) is 5.87. The molecule has 0 fully saturated rings. The lowest BCUT2D eigenvalue weighted by Gasteiger charge is -2.19. The molecule has 0 radical (unpaired) electrons. The van der Waals surface area contributed by atoms with Crippen molar-refractivity contribution >= 4 is 17.2 Å². The maximum absolute atomic E-state index is 4.70. The summed E-state index contributed by atoms with van der Waals surface area (Å²) in [6.07, 6.45) is 0.687. The molecule has 2 aromatic rings. The van der Waals surface area contributed by atoms with E-state index in [-0.39, 0.29) is 5.41 Å². The van der Waals surface area contributed by atoms with E-state index in [4.69, 9.17) is 4.98 Å². The maximum atomic E-state index is 4.70. The van der Waals surface area contributed by atoms with Crippen LogP contribution in [0.15, 0.2) is 11.4 Å². The van der Waals surface area contributed by atoms with E-state index in [2.05, 4.69) is 48.4 Å².